The average molecular weight is 625 g/mol. The molecule has 0 N–H and O–H groups in total. The predicted molar refractivity (Wildman–Crippen MR) is 207 cm³/mol. The molecule has 0 saturated heterocycles. The molecule has 49 heavy (non-hydrogen) atoms. The molecule has 1 aliphatic heterocycles. The van der Waals surface area contributed by atoms with Crippen molar-refractivity contribution in [3.8, 4) is 11.1 Å². The van der Waals surface area contributed by atoms with Crippen LogP contribution >= 0.6 is 0 Å². The maximum absolute atomic E-state index is 5.49. The number of fused-ring (bicyclic) bond motifs is 10. The Labute approximate surface area is 284 Å². The number of aromatic nitrogens is 1. The zero-order valence-electron chi connectivity index (χ0n) is 26.7. The van der Waals surface area contributed by atoms with Gasteiger partial charge in [0, 0.05) is 27.1 Å². The van der Waals surface area contributed by atoms with Crippen molar-refractivity contribution in [3.63, 3.8) is 0 Å². The van der Waals surface area contributed by atoms with Gasteiger partial charge in [-0.15, -0.1) is 0 Å². The highest BCUT2D eigenvalue weighted by Gasteiger charge is 2.23. The van der Waals surface area contributed by atoms with Gasteiger partial charge in [-0.2, -0.15) is 0 Å². The Bertz CT molecular complexity index is 2790. The van der Waals surface area contributed by atoms with E-state index in [1.165, 1.54) is 54.2 Å². The van der Waals surface area contributed by atoms with Gasteiger partial charge in [0.1, 0.15) is 0 Å². The van der Waals surface area contributed by atoms with E-state index in [9.17, 15) is 0 Å². The number of nitrogens with zero attached hydrogens (tertiary/aromatic N) is 3. The fraction of sp³-hybridized carbons (Fsp3) is 0.0217. The summed E-state index contributed by atoms with van der Waals surface area (Å²) in [5.41, 5.74) is 7.64. The van der Waals surface area contributed by atoms with E-state index in [0.717, 1.165) is 33.7 Å². The van der Waals surface area contributed by atoms with Gasteiger partial charge in [-0.05, 0) is 61.6 Å². The summed E-state index contributed by atoms with van der Waals surface area (Å²) in [6, 6.07) is 60.5. The zero-order valence-corrected chi connectivity index (χ0v) is 26.7. The Kier molecular flexibility index (Phi) is 6.25. The van der Waals surface area contributed by atoms with Gasteiger partial charge in [0.25, 0.3) is 0 Å². The first-order valence-corrected chi connectivity index (χ1v) is 16.8. The van der Waals surface area contributed by atoms with E-state index in [2.05, 4.69) is 181 Å². The fourth-order valence-electron chi connectivity index (χ4n) is 7.74. The molecule has 0 bridgehead atoms. The Morgan fingerprint density at radius 3 is 1.90 bits per heavy atom. The highest BCUT2D eigenvalue weighted by atomic mass is 15.2. The van der Waals surface area contributed by atoms with Gasteiger partial charge >= 0.3 is 0 Å². The van der Waals surface area contributed by atoms with Crippen LogP contribution in [0.3, 0.4) is 0 Å². The Balaban J connectivity index is 1.28. The number of aliphatic imine (C=N–C) groups is 1. The highest BCUT2D eigenvalue weighted by molar-refractivity contribution is 6.36. The molecule has 0 radical (unpaired) electrons. The molecule has 1 atom stereocenters. The highest BCUT2D eigenvalue weighted by Crippen LogP contribution is 2.46. The third-order valence-corrected chi connectivity index (χ3v) is 9.91. The lowest BCUT2D eigenvalue weighted by molar-refractivity contribution is 0.763. The molecule has 0 fully saturated rings. The van der Waals surface area contributed by atoms with E-state index in [1.807, 2.05) is 0 Å². The third-order valence-electron chi connectivity index (χ3n) is 9.91. The SMILES string of the molecule is C1=C(c2ccccc2)N=C(c2cccc(-c3ccccc3)c2)[N-]C1n1c2ccccc2c2c3c4ccccc4ccc3c3ccccc3c21. The molecule has 1 unspecified atom stereocenters. The van der Waals surface area contributed by atoms with Crippen molar-refractivity contribution in [1.29, 1.82) is 0 Å². The number of benzene rings is 8. The topological polar surface area (TPSA) is 31.4 Å². The van der Waals surface area contributed by atoms with E-state index >= 15 is 0 Å². The maximum atomic E-state index is 5.49. The van der Waals surface area contributed by atoms with Gasteiger partial charge in [0.2, 0.25) is 0 Å². The first kappa shape index (κ1) is 27.6. The van der Waals surface area contributed by atoms with Crippen molar-refractivity contribution in [2.45, 2.75) is 6.17 Å². The lowest BCUT2D eigenvalue weighted by atomic mass is 9.93. The molecule has 10 rings (SSSR count). The predicted octanol–water partition coefficient (Wildman–Crippen LogP) is 12.3. The molecular weight excluding hydrogens is 595 g/mol. The van der Waals surface area contributed by atoms with Crippen LogP contribution in [-0.2, 0) is 0 Å². The molecule has 0 saturated carbocycles. The number of para-hydroxylation sites is 1. The normalized spacial score (nSPS) is 14.7. The van der Waals surface area contributed by atoms with Crippen LogP contribution in [0.4, 0.5) is 0 Å². The Morgan fingerprint density at radius 2 is 1.08 bits per heavy atom. The van der Waals surface area contributed by atoms with Gasteiger partial charge in [-0.3, -0.25) is 0 Å². The van der Waals surface area contributed by atoms with E-state index in [4.69, 9.17) is 10.3 Å². The van der Waals surface area contributed by atoms with Crippen molar-refractivity contribution >= 4 is 65.7 Å². The standard InChI is InChI=1S/C46H30N3/c1-3-14-30(15-4-1)33-19-13-20-34(28-33)46-47-40(32-17-5-2-6-18-32)29-42(48-46)49-41-25-12-11-24-39(41)44-43-35-21-8-7-16-31(35)26-27-37(43)36-22-9-10-23-38(36)45(44)49/h1-29,42H/q-1. The van der Waals surface area contributed by atoms with Crippen LogP contribution in [0.5, 0.6) is 0 Å². The van der Waals surface area contributed by atoms with Crippen LogP contribution in [-0.4, -0.2) is 10.4 Å². The quantitative estimate of drug-likeness (QED) is 0.175. The van der Waals surface area contributed by atoms with Crippen molar-refractivity contribution in [3.05, 3.63) is 192 Å². The summed E-state index contributed by atoms with van der Waals surface area (Å²) in [6.45, 7) is 0. The summed E-state index contributed by atoms with van der Waals surface area (Å²) in [4.78, 5) is 5.23. The van der Waals surface area contributed by atoms with Crippen molar-refractivity contribution < 1.29 is 0 Å². The molecule has 9 aromatic rings. The van der Waals surface area contributed by atoms with Crippen LogP contribution in [0.2, 0.25) is 0 Å². The van der Waals surface area contributed by atoms with Gasteiger partial charge in [0.15, 0.2) is 0 Å². The van der Waals surface area contributed by atoms with Crippen LogP contribution in [0, 0.1) is 0 Å². The first-order chi connectivity index (χ1) is 24.3. The van der Waals surface area contributed by atoms with E-state index in [-0.39, 0.29) is 6.17 Å². The maximum Gasteiger partial charge on any atom is 0.0593 e. The summed E-state index contributed by atoms with van der Waals surface area (Å²) < 4.78 is 2.45. The second-order valence-electron chi connectivity index (χ2n) is 12.7. The molecular formula is C46H30N3-. The molecule has 3 heteroatoms. The monoisotopic (exact) mass is 624 g/mol. The Morgan fingerprint density at radius 1 is 0.449 bits per heavy atom. The number of hydrogen-bond donors (Lipinski definition) is 0. The molecule has 1 aliphatic rings. The van der Waals surface area contributed by atoms with Crippen molar-refractivity contribution in [2.24, 2.45) is 4.99 Å². The summed E-state index contributed by atoms with van der Waals surface area (Å²) in [7, 11) is 0. The van der Waals surface area contributed by atoms with E-state index in [0.29, 0.717) is 0 Å². The average Bonchev–Trinajstić information content (AvgIpc) is 3.54. The molecule has 1 aromatic heterocycles. The largest absolute Gasteiger partial charge is 0.440 e. The molecule has 0 aliphatic carbocycles. The molecule has 8 aromatic carbocycles. The summed E-state index contributed by atoms with van der Waals surface area (Å²) in [5.74, 6) is 0.727. The van der Waals surface area contributed by atoms with Crippen LogP contribution in [0.1, 0.15) is 17.3 Å². The zero-order chi connectivity index (χ0) is 32.3. The minimum absolute atomic E-state index is 0.332. The minimum atomic E-state index is -0.332. The summed E-state index contributed by atoms with van der Waals surface area (Å²) >= 11 is 0. The minimum Gasteiger partial charge on any atom is -0.440 e. The van der Waals surface area contributed by atoms with Crippen molar-refractivity contribution in [2.75, 3.05) is 0 Å². The molecule has 3 nitrogen and oxygen atoms in total. The molecule has 230 valence electrons. The molecule has 0 amide bonds. The van der Waals surface area contributed by atoms with Crippen LogP contribution in [0.25, 0.3) is 76.3 Å². The van der Waals surface area contributed by atoms with Crippen LogP contribution < -0.4 is 0 Å². The third kappa shape index (κ3) is 4.40. The smallest absolute Gasteiger partial charge is 0.0593 e. The number of rotatable bonds is 4. The van der Waals surface area contributed by atoms with E-state index < -0.39 is 0 Å². The fourth-order valence-corrected chi connectivity index (χ4v) is 7.74. The second-order valence-corrected chi connectivity index (χ2v) is 12.7. The van der Waals surface area contributed by atoms with Gasteiger partial charge < -0.3 is 14.9 Å². The van der Waals surface area contributed by atoms with Gasteiger partial charge in [-0.1, -0.05) is 170 Å². The molecule has 0 spiro atoms. The first-order valence-electron chi connectivity index (χ1n) is 16.8. The summed E-state index contributed by atoms with van der Waals surface area (Å²) in [5, 5.41) is 15.5. The molecule has 2 heterocycles. The van der Waals surface area contributed by atoms with Crippen molar-refractivity contribution in [1.82, 2.24) is 4.57 Å². The number of amidine groups is 1. The van der Waals surface area contributed by atoms with E-state index in [1.54, 1.807) is 0 Å². The van der Waals surface area contributed by atoms with Gasteiger partial charge in [-0.25, -0.2) is 0 Å². The Hall–Kier alpha value is -6.45. The lowest BCUT2D eigenvalue weighted by Gasteiger charge is -2.35. The van der Waals surface area contributed by atoms with Crippen LogP contribution in [0.15, 0.2) is 181 Å². The lowest BCUT2D eigenvalue weighted by Crippen LogP contribution is -2.15. The second kappa shape index (κ2) is 11.1. The number of hydrogen-bond acceptors (Lipinski definition) is 1. The van der Waals surface area contributed by atoms with Gasteiger partial charge in [0.05, 0.1) is 11.7 Å². The summed E-state index contributed by atoms with van der Waals surface area (Å²) in [6.07, 6.45) is 1.90.